The SMILES string of the molecule is CCOc1ccc(NC(=O)CC2N=C(N3CCN(C(c4ccccc4)c4ccccc4)CC3)NC2=O)cc1. The second kappa shape index (κ2) is 11.9. The topological polar surface area (TPSA) is 86.3 Å². The largest absolute Gasteiger partial charge is 0.494 e. The van der Waals surface area contributed by atoms with Crippen molar-refractivity contribution < 1.29 is 14.3 Å². The molecule has 0 aromatic heterocycles. The number of carbonyl (C=O) groups is 2. The molecular weight excluding hydrogens is 478 g/mol. The smallest absolute Gasteiger partial charge is 0.252 e. The van der Waals surface area contributed by atoms with Gasteiger partial charge < -0.3 is 15.0 Å². The lowest BCUT2D eigenvalue weighted by Crippen LogP contribution is -2.52. The molecule has 2 heterocycles. The third kappa shape index (κ3) is 6.03. The van der Waals surface area contributed by atoms with Gasteiger partial charge in [-0.25, -0.2) is 4.99 Å². The first-order valence-electron chi connectivity index (χ1n) is 13.1. The first-order chi connectivity index (χ1) is 18.6. The van der Waals surface area contributed by atoms with E-state index >= 15 is 0 Å². The van der Waals surface area contributed by atoms with Crippen LogP contribution in [-0.4, -0.2) is 66.4 Å². The number of hydrogen-bond acceptors (Lipinski definition) is 6. The van der Waals surface area contributed by atoms with E-state index in [1.807, 2.05) is 19.1 Å². The van der Waals surface area contributed by atoms with Crippen molar-refractivity contribution in [3.63, 3.8) is 0 Å². The minimum Gasteiger partial charge on any atom is -0.494 e. The van der Waals surface area contributed by atoms with Crippen molar-refractivity contribution >= 4 is 23.5 Å². The van der Waals surface area contributed by atoms with Gasteiger partial charge in [-0.2, -0.15) is 0 Å². The summed E-state index contributed by atoms with van der Waals surface area (Å²) < 4.78 is 5.43. The van der Waals surface area contributed by atoms with Gasteiger partial charge in [0.15, 0.2) is 0 Å². The maximum atomic E-state index is 12.6. The highest BCUT2D eigenvalue weighted by Gasteiger charge is 2.33. The van der Waals surface area contributed by atoms with Gasteiger partial charge in [0.1, 0.15) is 11.8 Å². The van der Waals surface area contributed by atoms with Gasteiger partial charge in [0.05, 0.1) is 19.1 Å². The predicted octanol–water partition coefficient (Wildman–Crippen LogP) is 3.68. The third-order valence-corrected chi connectivity index (χ3v) is 6.85. The molecule has 5 rings (SSSR count). The van der Waals surface area contributed by atoms with Gasteiger partial charge in [-0.1, -0.05) is 60.7 Å². The Labute approximate surface area is 223 Å². The molecule has 3 aromatic carbocycles. The normalized spacial score (nSPS) is 17.7. The zero-order valence-electron chi connectivity index (χ0n) is 21.5. The second-order valence-corrected chi connectivity index (χ2v) is 9.41. The number of hydrogen-bond donors (Lipinski definition) is 2. The summed E-state index contributed by atoms with van der Waals surface area (Å²) in [6.07, 6.45) is -0.00734. The van der Waals surface area contributed by atoms with Crippen molar-refractivity contribution in [2.75, 3.05) is 38.1 Å². The summed E-state index contributed by atoms with van der Waals surface area (Å²) in [6, 6.07) is 27.7. The second-order valence-electron chi connectivity index (χ2n) is 9.41. The summed E-state index contributed by atoms with van der Waals surface area (Å²) in [6.45, 7) is 5.63. The molecule has 0 bridgehead atoms. The molecule has 8 nitrogen and oxygen atoms in total. The number of benzene rings is 3. The van der Waals surface area contributed by atoms with Gasteiger partial charge in [-0.05, 0) is 42.3 Å². The summed E-state index contributed by atoms with van der Waals surface area (Å²) in [5, 5.41) is 5.73. The van der Waals surface area contributed by atoms with E-state index in [9.17, 15) is 9.59 Å². The first-order valence-corrected chi connectivity index (χ1v) is 13.1. The van der Waals surface area contributed by atoms with Crippen molar-refractivity contribution in [2.24, 2.45) is 4.99 Å². The Kier molecular flexibility index (Phi) is 7.99. The molecule has 3 aromatic rings. The molecule has 0 aliphatic carbocycles. The van der Waals surface area contributed by atoms with E-state index in [4.69, 9.17) is 4.74 Å². The molecule has 0 spiro atoms. The fourth-order valence-electron chi connectivity index (χ4n) is 5.00. The van der Waals surface area contributed by atoms with Crippen molar-refractivity contribution in [3.05, 3.63) is 96.1 Å². The number of nitrogens with one attached hydrogen (secondary N) is 2. The molecule has 2 N–H and O–H groups in total. The van der Waals surface area contributed by atoms with Crippen LogP contribution < -0.4 is 15.4 Å². The molecule has 2 aliphatic heterocycles. The summed E-state index contributed by atoms with van der Waals surface area (Å²) >= 11 is 0. The molecule has 1 fully saturated rings. The molecular formula is C30H33N5O3. The lowest BCUT2D eigenvalue weighted by molar-refractivity contribution is -0.124. The standard InChI is InChI=1S/C30H33N5O3/c1-2-38-25-15-13-24(14-16-25)31-27(36)21-26-29(37)33-30(32-26)35-19-17-34(18-20-35)28(22-9-5-3-6-10-22)23-11-7-4-8-12-23/h3-16,26,28H,2,17-21H2,1H3,(H,31,36)(H,32,33,37). The van der Waals surface area contributed by atoms with Crippen LogP contribution in [0.4, 0.5) is 5.69 Å². The Morgan fingerprint density at radius 2 is 1.55 bits per heavy atom. The van der Waals surface area contributed by atoms with Crippen LogP contribution in [0.5, 0.6) is 5.75 Å². The minimum atomic E-state index is -0.730. The minimum absolute atomic E-state index is 0.00734. The predicted molar refractivity (Wildman–Crippen MR) is 148 cm³/mol. The van der Waals surface area contributed by atoms with E-state index < -0.39 is 6.04 Å². The van der Waals surface area contributed by atoms with Crippen LogP contribution >= 0.6 is 0 Å². The molecule has 1 atom stereocenters. The summed E-state index contributed by atoms with van der Waals surface area (Å²) in [5.74, 6) is 0.812. The van der Waals surface area contributed by atoms with Gasteiger partial charge in [0.2, 0.25) is 11.9 Å². The number of nitrogens with zero attached hydrogens (tertiary/aromatic N) is 3. The van der Waals surface area contributed by atoms with Crippen molar-refractivity contribution in [1.29, 1.82) is 0 Å². The Hall–Kier alpha value is -4.17. The number of anilines is 1. The molecule has 196 valence electrons. The van der Waals surface area contributed by atoms with Crippen LogP contribution in [0.1, 0.15) is 30.5 Å². The van der Waals surface area contributed by atoms with Gasteiger partial charge in [0.25, 0.3) is 5.91 Å². The number of piperazine rings is 1. The zero-order chi connectivity index (χ0) is 26.3. The zero-order valence-corrected chi connectivity index (χ0v) is 21.5. The van der Waals surface area contributed by atoms with Gasteiger partial charge in [0, 0.05) is 31.9 Å². The maximum absolute atomic E-state index is 12.6. The molecule has 38 heavy (non-hydrogen) atoms. The molecule has 1 unspecified atom stereocenters. The molecule has 2 aliphatic rings. The number of ether oxygens (including phenoxy) is 1. The number of rotatable bonds is 8. The van der Waals surface area contributed by atoms with Crippen molar-refractivity contribution in [2.45, 2.75) is 25.4 Å². The van der Waals surface area contributed by atoms with Crippen LogP contribution in [0.3, 0.4) is 0 Å². The lowest BCUT2D eigenvalue weighted by Gasteiger charge is -2.40. The van der Waals surface area contributed by atoms with E-state index in [0.29, 0.717) is 18.3 Å². The number of amides is 2. The fraction of sp³-hybridized carbons (Fsp3) is 0.300. The first kappa shape index (κ1) is 25.5. The van der Waals surface area contributed by atoms with Crippen LogP contribution in [0, 0.1) is 0 Å². The molecule has 2 amide bonds. The van der Waals surface area contributed by atoms with E-state index in [0.717, 1.165) is 31.9 Å². The van der Waals surface area contributed by atoms with Crippen LogP contribution in [0.15, 0.2) is 89.9 Å². The Balaban J connectivity index is 1.19. The Bertz CT molecular complexity index is 1220. The summed E-state index contributed by atoms with van der Waals surface area (Å²) in [5.41, 5.74) is 3.18. The van der Waals surface area contributed by atoms with E-state index in [1.54, 1.807) is 24.3 Å². The van der Waals surface area contributed by atoms with Gasteiger partial charge in [-0.3, -0.25) is 19.8 Å². The fourth-order valence-corrected chi connectivity index (χ4v) is 5.00. The number of guanidine groups is 1. The highest BCUT2D eigenvalue weighted by molar-refractivity contribution is 6.07. The van der Waals surface area contributed by atoms with Crippen molar-refractivity contribution in [1.82, 2.24) is 15.1 Å². The number of carbonyl (C=O) groups excluding carboxylic acids is 2. The lowest BCUT2D eigenvalue weighted by atomic mass is 9.96. The van der Waals surface area contributed by atoms with Gasteiger partial charge in [-0.15, -0.1) is 0 Å². The average molecular weight is 512 g/mol. The monoisotopic (exact) mass is 511 g/mol. The number of aliphatic imine (C=N–C) groups is 1. The quantitative estimate of drug-likeness (QED) is 0.482. The van der Waals surface area contributed by atoms with Crippen LogP contribution in [-0.2, 0) is 9.59 Å². The van der Waals surface area contributed by atoms with Crippen molar-refractivity contribution in [3.8, 4) is 5.75 Å². The highest BCUT2D eigenvalue weighted by atomic mass is 16.5. The maximum Gasteiger partial charge on any atom is 0.252 e. The molecule has 0 radical (unpaired) electrons. The van der Waals surface area contributed by atoms with Crippen LogP contribution in [0.25, 0.3) is 0 Å². The van der Waals surface area contributed by atoms with E-state index in [-0.39, 0.29) is 24.3 Å². The highest BCUT2D eigenvalue weighted by Crippen LogP contribution is 2.29. The molecule has 0 saturated carbocycles. The van der Waals surface area contributed by atoms with E-state index in [2.05, 4.69) is 74.0 Å². The van der Waals surface area contributed by atoms with Gasteiger partial charge >= 0.3 is 0 Å². The Morgan fingerprint density at radius 1 is 0.947 bits per heavy atom. The van der Waals surface area contributed by atoms with E-state index in [1.165, 1.54) is 11.1 Å². The summed E-state index contributed by atoms with van der Waals surface area (Å²) in [4.78, 5) is 34.4. The van der Waals surface area contributed by atoms with Crippen LogP contribution in [0.2, 0.25) is 0 Å². The molecule has 1 saturated heterocycles. The third-order valence-electron chi connectivity index (χ3n) is 6.85. The Morgan fingerprint density at radius 3 is 2.13 bits per heavy atom. The average Bonchev–Trinajstić information content (AvgIpc) is 3.31. The molecule has 8 heteroatoms. The summed E-state index contributed by atoms with van der Waals surface area (Å²) in [7, 11) is 0.